The van der Waals surface area contributed by atoms with Crippen LogP contribution in [0.5, 0.6) is 0 Å². The van der Waals surface area contributed by atoms with Crippen LogP contribution >= 0.6 is 15.9 Å². The van der Waals surface area contributed by atoms with Gasteiger partial charge in [0.15, 0.2) is 12.1 Å². The van der Waals surface area contributed by atoms with Crippen LogP contribution in [0.15, 0.2) is 12.1 Å². The second kappa shape index (κ2) is 4.98. The molecule has 1 aromatic rings. The molecule has 1 rings (SSSR count). The van der Waals surface area contributed by atoms with Gasteiger partial charge in [0.25, 0.3) is 5.69 Å². The number of alkyl halides is 1. The number of ketones is 1. The summed E-state index contributed by atoms with van der Waals surface area (Å²) in [5.74, 6) is -0.252. The summed E-state index contributed by atoms with van der Waals surface area (Å²) in [6, 6.07) is 2.49. The number of aldehydes is 1. The number of nitro groups is 1. The third-order valence-corrected chi connectivity index (χ3v) is 2.63. The Balaban J connectivity index is 3.44. The zero-order chi connectivity index (χ0) is 12.3. The van der Waals surface area contributed by atoms with Crippen LogP contribution in [0.2, 0.25) is 0 Å². The second-order valence-electron chi connectivity index (χ2n) is 3.16. The summed E-state index contributed by atoms with van der Waals surface area (Å²) in [5.41, 5.74) is 0.449. The van der Waals surface area contributed by atoms with Gasteiger partial charge in [0.1, 0.15) is 0 Å². The molecule has 0 heterocycles. The van der Waals surface area contributed by atoms with Crippen LogP contribution in [-0.4, -0.2) is 22.3 Å². The highest BCUT2D eigenvalue weighted by molar-refractivity contribution is 9.09. The molecule has 0 aromatic heterocycles. The standard InChI is InChI=1S/C10H8BrNO4/c1-6-2-7(5-13)9(12(15)16)3-8(6)10(14)4-11/h2-3,5H,4H2,1H3. The van der Waals surface area contributed by atoms with Crippen molar-refractivity contribution in [2.75, 3.05) is 5.33 Å². The molecule has 0 fully saturated rings. The molecule has 6 heteroatoms. The Morgan fingerprint density at radius 1 is 1.56 bits per heavy atom. The van der Waals surface area contributed by atoms with Gasteiger partial charge in [-0.15, -0.1) is 0 Å². The SMILES string of the molecule is Cc1cc(C=O)c([N+](=O)[O-])cc1C(=O)CBr. The maximum absolute atomic E-state index is 11.5. The molecule has 0 amide bonds. The number of Topliss-reactive ketones (excluding diaryl/α,β-unsaturated/α-hetero) is 1. The number of hydrogen-bond acceptors (Lipinski definition) is 4. The van der Waals surface area contributed by atoms with Crippen LogP contribution < -0.4 is 0 Å². The number of carbonyl (C=O) groups is 2. The van der Waals surface area contributed by atoms with E-state index in [9.17, 15) is 19.7 Å². The molecule has 0 saturated carbocycles. The van der Waals surface area contributed by atoms with Crippen molar-refractivity contribution in [2.45, 2.75) is 6.92 Å². The number of nitrogens with zero attached hydrogens (tertiary/aromatic N) is 1. The Morgan fingerprint density at radius 2 is 2.19 bits per heavy atom. The van der Waals surface area contributed by atoms with Crippen LogP contribution in [-0.2, 0) is 0 Å². The fraction of sp³-hybridized carbons (Fsp3) is 0.200. The van der Waals surface area contributed by atoms with Gasteiger partial charge >= 0.3 is 0 Å². The first-order valence-electron chi connectivity index (χ1n) is 4.34. The van der Waals surface area contributed by atoms with Crippen LogP contribution in [0.25, 0.3) is 0 Å². The normalized spacial score (nSPS) is 9.88. The minimum absolute atomic E-state index is 0.0198. The first kappa shape index (κ1) is 12.5. The summed E-state index contributed by atoms with van der Waals surface area (Å²) in [5, 5.41) is 10.8. The molecule has 0 aliphatic carbocycles. The molecule has 0 aliphatic heterocycles. The first-order chi connectivity index (χ1) is 7.51. The van der Waals surface area contributed by atoms with Gasteiger partial charge in [-0.3, -0.25) is 19.7 Å². The molecule has 84 valence electrons. The Kier molecular flexibility index (Phi) is 3.89. The maximum atomic E-state index is 11.5. The number of benzene rings is 1. The summed E-state index contributed by atoms with van der Waals surface area (Å²) in [7, 11) is 0. The molecule has 0 aliphatic rings. The van der Waals surface area contributed by atoms with E-state index < -0.39 is 4.92 Å². The van der Waals surface area contributed by atoms with E-state index in [0.29, 0.717) is 11.8 Å². The predicted octanol–water partition coefficient (Wildman–Crippen LogP) is 2.29. The molecule has 0 radical (unpaired) electrons. The highest BCUT2D eigenvalue weighted by Gasteiger charge is 2.19. The monoisotopic (exact) mass is 285 g/mol. The molecule has 0 spiro atoms. The molecule has 0 atom stereocenters. The predicted molar refractivity (Wildman–Crippen MR) is 61.3 cm³/mol. The number of rotatable bonds is 4. The lowest BCUT2D eigenvalue weighted by atomic mass is 10.0. The fourth-order valence-corrected chi connectivity index (χ4v) is 1.65. The number of halogens is 1. The van der Waals surface area contributed by atoms with Gasteiger partial charge in [0.05, 0.1) is 15.8 Å². The van der Waals surface area contributed by atoms with Gasteiger partial charge in [-0.05, 0) is 18.6 Å². The third kappa shape index (κ3) is 2.33. The van der Waals surface area contributed by atoms with Gasteiger partial charge in [0, 0.05) is 11.6 Å². The van der Waals surface area contributed by atoms with Crippen molar-refractivity contribution in [1.82, 2.24) is 0 Å². The van der Waals surface area contributed by atoms with Crippen molar-refractivity contribution in [2.24, 2.45) is 0 Å². The Labute approximate surface area is 99.7 Å². The quantitative estimate of drug-likeness (QED) is 0.280. The first-order valence-corrected chi connectivity index (χ1v) is 5.46. The smallest absolute Gasteiger partial charge is 0.280 e. The molecule has 0 bridgehead atoms. The van der Waals surface area contributed by atoms with Crippen molar-refractivity contribution in [3.05, 3.63) is 38.9 Å². The minimum atomic E-state index is -0.672. The topological polar surface area (TPSA) is 77.3 Å². The zero-order valence-corrected chi connectivity index (χ0v) is 9.98. The molecule has 0 N–H and O–H groups in total. The molecule has 0 unspecified atom stereocenters. The second-order valence-corrected chi connectivity index (χ2v) is 3.72. The van der Waals surface area contributed by atoms with Gasteiger partial charge < -0.3 is 0 Å². The summed E-state index contributed by atoms with van der Waals surface area (Å²) in [6.07, 6.45) is 0.410. The van der Waals surface area contributed by atoms with E-state index >= 15 is 0 Å². The van der Waals surface area contributed by atoms with Crippen molar-refractivity contribution >= 4 is 33.7 Å². The summed E-state index contributed by atoms with van der Waals surface area (Å²) in [4.78, 5) is 32.1. The highest BCUT2D eigenvalue weighted by Crippen LogP contribution is 2.22. The van der Waals surface area contributed by atoms with E-state index in [2.05, 4.69) is 15.9 Å². The molecule has 16 heavy (non-hydrogen) atoms. The Bertz CT molecular complexity index is 470. The van der Waals surface area contributed by atoms with Gasteiger partial charge in [0.2, 0.25) is 0 Å². The maximum Gasteiger partial charge on any atom is 0.280 e. The van der Waals surface area contributed by atoms with E-state index in [1.807, 2.05) is 0 Å². The van der Waals surface area contributed by atoms with Crippen molar-refractivity contribution in [3.63, 3.8) is 0 Å². The van der Waals surface area contributed by atoms with E-state index in [1.54, 1.807) is 6.92 Å². The number of nitro benzene ring substituents is 1. The van der Waals surface area contributed by atoms with Crippen LogP contribution in [0.4, 0.5) is 5.69 Å². The molecule has 0 saturated heterocycles. The summed E-state index contributed by atoms with van der Waals surface area (Å²) >= 11 is 2.99. The lowest BCUT2D eigenvalue weighted by molar-refractivity contribution is -0.385. The van der Waals surface area contributed by atoms with Gasteiger partial charge in [-0.2, -0.15) is 0 Å². The molecular formula is C10H8BrNO4. The minimum Gasteiger partial charge on any atom is -0.298 e. The third-order valence-electron chi connectivity index (χ3n) is 2.12. The number of carbonyl (C=O) groups excluding carboxylic acids is 2. The fourth-order valence-electron chi connectivity index (χ4n) is 1.34. The summed E-state index contributed by atoms with van der Waals surface area (Å²) in [6.45, 7) is 1.63. The van der Waals surface area contributed by atoms with E-state index in [0.717, 1.165) is 6.07 Å². The highest BCUT2D eigenvalue weighted by atomic mass is 79.9. The zero-order valence-electron chi connectivity index (χ0n) is 8.40. The van der Waals surface area contributed by atoms with Crippen LogP contribution in [0.3, 0.4) is 0 Å². The van der Waals surface area contributed by atoms with Crippen molar-refractivity contribution in [1.29, 1.82) is 0 Å². The lowest BCUT2D eigenvalue weighted by Gasteiger charge is -2.04. The average Bonchev–Trinajstić information content (AvgIpc) is 2.27. The average molecular weight is 286 g/mol. The van der Waals surface area contributed by atoms with Crippen molar-refractivity contribution in [3.8, 4) is 0 Å². The molecular weight excluding hydrogens is 278 g/mol. The Hall–Kier alpha value is -1.56. The van der Waals surface area contributed by atoms with E-state index in [1.165, 1.54) is 6.07 Å². The van der Waals surface area contributed by atoms with Crippen LogP contribution in [0.1, 0.15) is 26.3 Å². The number of hydrogen-bond donors (Lipinski definition) is 0. The number of aryl methyl sites for hydroxylation is 1. The largest absolute Gasteiger partial charge is 0.298 e. The van der Waals surface area contributed by atoms with Gasteiger partial charge in [-0.1, -0.05) is 15.9 Å². The summed E-state index contributed by atoms with van der Waals surface area (Å²) < 4.78 is 0. The van der Waals surface area contributed by atoms with E-state index in [4.69, 9.17) is 0 Å². The Morgan fingerprint density at radius 3 is 2.62 bits per heavy atom. The lowest BCUT2D eigenvalue weighted by Crippen LogP contribution is -2.06. The van der Waals surface area contributed by atoms with E-state index in [-0.39, 0.29) is 27.9 Å². The molecule has 5 nitrogen and oxygen atoms in total. The molecule has 1 aromatic carbocycles. The van der Waals surface area contributed by atoms with Gasteiger partial charge in [-0.25, -0.2) is 0 Å². The van der Waals surface area contributed by atoms with Crippen LogP contribution in [0, 0.1) is 17.0 Å². The van der Waals surface area contributed by atoms with Crippen molar-refractivity contribution < 1.29 is 14.5 Å².